The average molecular weight is 428 g/mol. The van der Waals surface area contributed by atoms with Crippen LogP contribution in [0.5, 0.6) is 23.0 Å². The fraction of sp³-hybridized carbons (Fsp3) is 0.0526. The second-order valence-electron chi connectivity index (χ2n) is 5.82. The first kappa shape index (κ1) is 17.6. The zero-order valence-corrected chi connectivity index (χ0v) is 16.0. The fourth-order valence-corrected chi connectivity index (χ4v) is 4.15. The molecule has 0 bridgehead atoms. The smallest absolute Gasteiger partial charge is 0.156 e. The summed E-state index contributed by atoms with van der Waals surface area (Å²) in [5.74, 6) is -0.438. The predicted octanol–water partition coefficient (Wildman–Crippen LogP) is 7.00. The lowest BCUT2D eigenvalue weighted by Crippen LogP contribution is -2.13. The minimum atomic E-state index is -0.346. The van der Waals surface area contributed by atoms with Gasteiger partial charge in [-0.1, -0.05) is 76.7 Å². The summed E-state index contributed by atoms with van der Waals surface area (Å²) in [4.78, 5) is 0. The van der Waals surface area contributed by atoms with Crippen LogP contribution in [0, 0.1) is 0 Å². The molecule has 0 aromatic heterocycles. The molecule has 3 aromatic carbocycles. The Kier molecular flexibility index (Phi) is 4.36. The van der Waals surface area contributed by atoms with E-state index in [0.29, 0.717) is 11.1 Å². The number of phenols is 2. The number of phenolic OH excluding ortho intramolecular Hbond substituents is 2. The van der Waals surface area contributed by atoms with E-state index in [9.17, 15) is 10.2 Å². The zero-order valence-electron chi connectivity index (χ0n) is 12.9. The van der Waals surface area contributed by atoms with Crippen LogP contribution in [-0.4, -0.2) is 10.2 Å². The first-order valence-electron chi connectivity index (χ1n) is 7.54. The van der Waals surface area contributed by atoms with Gasteiger partial charge in [-0.2, -0.15) is 0 Å². The first-order chi connectivity index (χ1) is 12.4. The standard InChI is InChI=1S/C19H10Cl4O3/c20-11-6-9-13(8-4-2-1-3-5-8)10-7-12(21)17(25)15(23)19(10)26-18(9)14(22)16(11)24/h1-7,13,24-25H. The van der Waals surface area contributed by atoms with Crippen molar-refractivity contribution < 1.29 is 14.9 Å². The lowest BCUT2D eigenvalue weighted by Gasteiger charge is -2.30. The van der Waals surface area contributed by atoms with Crippen molar-refractivity contribution in [2.75, 3.05) is 0 Å². The van der Waals surface area contributed by atoms with Gasteiger partial charge in [-0.3, -0.25) is 0 Å². The average Bonchev–Trinajstić information content (AvgIpc) is 2.64. The number of rotatable bonds is 1. The van der Waals surface area contributed by atoms with E-state index >= 15 is 0 Å². The van der Waals surface area contributed by atoms with Crippen LogP contribution in [0.1, 0.15) is 22.6 Å². The minimum Gasteiger partial charge on any atom is -0.505 e. The highest BCUT2D eigenvalue weighted by Gasteiger charge is 2.35. The molecule has 0 radical (unpaired) electrons. The predicted molar refractivity (Wildman–Crippen MR) is 104 cm³/mol. The Morgan fingerprint density at radius 1 is 0.731 bits per heavy atom. The number of hydrogen-bond donors (Lipinski definition) is 2. The molecule has 0 amide bonds. The van der Waals surface area contributed by atoms with E-state index in [0.717, 1.165) is 5.56 Å². The van der Waals surface area contributed by atoms with Gasteiger partial charge >= 0.3 is 0 Å². The third-order valence-electron chi connectivity index (χ3n) is 4.31. The largest absolute Gasteiger partial charge is 0.505 e. The van der Waals surface area contributed by atoms with Crippen LogP contribution in [-0.2, 0) is 0 Å². The maximum absolute atomic E-state index is 10.1. The monoisotopic (exact) mass is 426 g/mol. The Morgan fingerprint density at radius 2 is 1.19 bits per heavy atom. The van der Waals surface area contributed by atoms with Crippen molar-refractivity contribution in [3.05, 3.63) is 79.2 Å². The molecule has 2 N–H and O–H groups in total. The molecule has 7 heteroatoms. The van der Waals surface area contributed by atoms with Crippen LogP contribution in [0.3, 0.4) is 0 Å². The highest BCUT2D eigenvalue weighted by molar-refractivity contribution is 6.39. The van der Waals surface area contributed by atoms with Crippen molar-refractivity contribution >= 4 is 46.4 Å². The Hall–Kier alpha value is -1.78. The van der Waals surface area contributed by atoms with Gasteiger partial charge in [0.15, 0.2) is 23.0 Å². The Balaban J connectivity index is 2.08. The highest BCUT2D eigenvalue weighted by Crippen LogP contribution is 2.57. The molecule has 0 aliphatic carbocycles. The summed E-state index contributed by atoms with van der Waals surface area (Å²) >= 11 is 24.8. The Morgan fingerprint density at radius 3 is 1.65 bits per heavy atom. The zero-order chi connectivity index (χ0) is 18.6. The van der Waals surface area contributed by atoms with Gasteiger partial charge in [-0.15, -0.1) is 0 Å². The van der Waals surface area contributed by atoms with Gasteiger partial charge in [0.2, 0.25) is 0 Å². The van der Waals surface area contributed by atoms with Gasteiger partial charge in [0.05, 0.1) is 10.0 Å². The molecule has 0 unspecified atom stereocenters. The van der Waals surface area contributed by atoms with E-state index in [1.807, 2.05) is 30.3 Å². The molecule has 1 heterocycles. The summed E-state index contributed by atoms with van der Waals surface area (Å²) in [7, 11) is 0. The van der Waals surface area contributed by atoms with E-state index in [1.165, 1.54) is 0 Å². The van der Waals surface area contributed by atoms with Gasteiger partial charge in [0.1, 0.15) is 10.0 Å². The molecular weight excluding hydrogens is 418 g/mol. The second-order valence-corrected chi connectivity index (χ2v) is 7.39. The maximum atomic E-state index is 10.1. The number of benzene rings is 3. The SMILES string of the molecule is Oc1c(Cl)cc2c(c1Cl)Oc1c(cc(Cl)c(O)c1Cl)C2c1ccccc1. The molecule has 0 saturated heterocycles. The third kappa shape index (κ3) is 2.58. The molecule has 0 fully saturated rings. The number of aromatic hydroxyl groups is 2. The van der Waals surface area contributed by atoms with Crippen LogP contribution in [0.2, 0.25) is 20.1 Å². The van der Waals surface area contributed by atoms with Crippen LogP contribution < -0.4 is 4.74 Å². The number of fused-ring (bicyclic) bond motifs is 2. The van der Waals surface area contributed by atoms with Gasteiger partial charge < -0.3 is 14.9 Å². The van der Waals surface area contributed by atoms with Crippen LogP contribution in [0.15, 0.2) is 42.5 Å². The summed E-state index contributed by atoms with van der Waals surface area (Å²) in [6.07, 6.45) is 0. The molecule has 1 aliphatic rings. The second kappa shape index (κ2) is 6.43. The maximum Gasteiger partial charge on any atom is 0.156 e. The Bertz CT molecular complexity index is 972. The molecule has 0 spiro atoms. The van der Waals surface area contributed by atoms with Crippen LogP contribution >= 0.6 is 46.4 Å². The summed E-state index contributed by atoms with van der Waals surface area (Å²) in [6, 6.07) is 12.8. The highest BCUT2D eigenvalue weighted by atomic mass is 35.5. The van der Waals surface area contributed by atoms with Crippen molar-refractivity contribution in [1.29, 1.82) is 0 Å². The molecule has 3 nitrogen and oxygen atoms in total. The molecule has 0 atom stereocenters. The van der Waals surface area contributed by atoms with Gasteiger partial charge in [0.25, 0.3) is 0 Å². The number of halogens is 4. The van der Waals surface area contributed by atoms with Crippen molar-refractivity contribution in [3.8, 4) is 23.0 Å². The summed E-state index contributed by atoms with van der Waals surface area (Å²) in [6.45, 7) is 0. The van der Waals surface area contributed by atoms with E-state index in [-0.39, 0.29) is 49.0 Å². The third-order valence-corrected chi connectivity index (χ3v) is 5.59. The molecular formula is C19H10Cl4O3. The topological polar surface area (TPSA) is 49.7 Å². The number of hydrogen-bond acceptors (Lipinski definition) is 3. The number of ether oxygens (including phenoxy) is 1. The normalized spacial score (nSPS) is 13.1. The van der Waals surface area contributed by atoms with Crippen molar-refractivity contribution in [1.82, 2.24) is 0 Å². The van der Waals surface area contributed by atoms with Gasteiger partial charge in [-0.25, -0.2) is 0 Å². The lowest BCUT2D eigenvalue weighted by molar-refractivity contribution is 0.429. The molecule has 4 rings (SSSR count). The van der Waals surface area contributed by atoms with Crippen molar-refractivity contribution in [2.24, 2.45) is 0 Å². The van der Waals surface area contributed by atoms with Crippen molar-refractivity contribution in [3.63, 3.8) is 0 Å². The van der Waals surface area contributed by atoms with Crippen molar-refractivity contribution in [2.45, 2.75) is 5.92 Å². The van der Waals surface area contributed by atoms with E-state index in [2.05, 4.69) is 0 Å². The summed E-state index contributed by atoms with van der Waals surface area (Å²) < 4.78 is 5.86. The fourth-order valence-electron chi connectivity index (χ4n) is 3.13. The van der Waals surface area contributed by atoms with E-state index in [4.69, 9.17) is 51.1 Å². The molecule has 26 heavy (non-hydrogen) atoms. The van der Waals surface area contributed by atoms with Crippen LogP contribution in [0.4, 0.5) is 0 Å². The summed E-state index contributed by atoms with van der Waals surface area (Å²) in [5, 5.41) is 20.3. The Labute approximate surface area is 169 Å². The van der Waals surface area contributed by atoms with Crippen LogP contribution in [0.25, 0.3) is 0 Å². The molecule has 132 valence electrons. The molecule has 1 aliphatic heterocycles. The first-order valence-corrected chi connectivity index (χ1v) is 9.05. The summed E-state index contributed by atoms with van der Waals surface area (Å²) in [5.41, 5.74) is 2.25. The molecule has 0 saturated carbocycles. The van der Waals surface area contributed by atoms with Gasteiger partial charge in [0, 0.05) is 17.0 Å². The van der Waals surface area contributed by atoms with E-state index in [1.54, 1.807) is 12.1 Å². The minimum absolute atomic E-state index is 0.0235. The lowest BCUT2D eigenvalue weighted by atomic mass is 9.82. The van der Waals surface area contributed by atoms with Gasteiger partial charge in [-0.05, 0) is 17.7 Å². The van der Waals surface area contributed by atoms with E-state index < -0.39 is 0 Å². The quantitative estimate of drug-likeness (QED) is 0.343. The molecule has 3 aromatic rings.